The molecular formula is C29H25N3O6. The zero-order chi connectivity index (χ0) is 27.1. The largest absolute Gasteiger partial charge is 0.462 e. The van der Waals surface area contributed by atoms with E-state index in [1.165, 1.54) is 9.91 Å². The maximum Gasteiger partial charge on any atom is 0.338 e. The van der Waals surface area contributed by atoms with Crippen LogP contribution in [0.5, 0.6) is 0 Å². The molecule has 0 radical (unpaired) electrons. The number of benzene rings is 2. The van der Waals surface area contributed by atoms with Crippen LogP contribution in [0.25, 0.3) is 17.4 Å². The first-order chi connectivity index (χ1) is 18.2. The molecule has 3 amide bonds. The Bertz CT molecular complexity index is 1540. The van der Waals surface area contributed by atoms with Crippen molar-refractivity contribution in [2.75, 3.05) is 11.6 Å². The van der Waals surface area contributed by atoms with Gasteiger partial charge >= 0.3 is 5.97 Å². The van der Waals surface area contributed by atoms with Crippen molar-refractivity contribution in [3.05, 3.63) is 82.6 Å². The molecule has 0 saturated heterocycles. The van der Waals surface area contributed by atoms with Gasteiger partial charge in [0.15, 0.2) is 0 Å². The van der Waals surface area contributed by atoms with Crippen LogP contribution in [0.4, 0.5) is 5.69 Å². The highest BCUT2D eigenvalue weighted by Crippen LogP contribution is 2.32. The van der Waals surface area contributed by atoms with E-state index in [-0.39, 0.29) is 30.4 Å². The second-order valence-corrected chi connectivity index (χ2v) is 9.16. The minimum absolute atomic E-state index is 0.239. The molecule has 0 N–H and O–H groups in total. The molecule has 1 aromatic heterocycles. The minimum Gasteiger partial charge on any atom is -0.462 e. The van der Waals surface area contributed by atoms with Gasteiger partial charge in [-0.2, -0.15) is 10.1 Å². The summed E-state index contributed by atoms with van der Waals surface area (Å²) < 4.78 is 11.0. The quantitative estimate of drug-likeness (QED) is 0.264. The van der Waals surface area contributed by atoms with Crippen molar-refractivity contribution < 1.29 is 28.3 Å². The van der Waals surface area contributed by atoms with Gasteiger partial charge in [-0.15, -0.1) is 0 Å². The molecule has 2 aliphatic rings. The molecule has 3 aromatic rings. The molecule has 0 fully saturated rings. The number of carbonyl (C=O) groups excluding carboxylic acids is 4. The van der Waals surface area contributed by atoms with E-state index in [2.05, 4.69) is 5.10 Å². The Labute approximate surface area is 219 Å². The Balaban J connectivity index is 1.37. The number of anilines is 1. The van der Waals surface area contributed by atoms with Crippen molar-refractivity contribution in [1.82, 2.24) is 4.90 Å². The number of carbonyl (C=O) groups is 4. The Morgan fingerprint density at radius 3 is 2.37 bits per heavy atom. The number of rotatable bonds is 6. The second kappa shape index (κ2) is 9.59. The van der Waals surface area contributed by atoms with Crippen LogP contribution in [-0.4, -0.2) is 47.0 Å². The Morgan fingerprint density at radius 2 is 1.68 bits per heavy atom. The van der Waals surface area contributed by atoms with Gasteiger partial charge < -0.3 is 9.15 Å². The van der Waals surface area contributed by atoms with Crippen LogP contribution in [-0.2, 0) is 9.53 Å². The number of furan rings is 1. The maximum atomic E-state index is 13.1. The number of hydrogen-bond acceptors (Lipinski definition) is 7. The molecular weight excluding hydrogens is 486 g/mol. The summed E-state index contributed by atoms with van der Waals surface area (Å²) in [6, 6.07) is 14.7. The van der Waals surface area contributed by atoms with Crippen molar-refractivity contribution in [3.63, 3.8) is 0 Å². The lowest BCUT2D eigenvalue weighted by atomic mass is 10.0. The molecule has 0 saturated carbocycles. The van der Waals surface area contributed by atoms with E-state index < -0.39 is 5.97 Å². The summed E-state index contributed by atoms with van der Waals surface area (Å²) in [6.07, 6.45) is 1.61. The molecule has 0 spiro atoms. The fourth-order valence-electron chi connectivity index (χ4n) is 4.42. The molecule has 5 rings (SSSR count). The summed E-state index contributed by atoms with van der Waals surface area (Å²) in [4.78, 5) is 51.6. The topological polar surface area (TPSA) is 109 Å². The monoisotopic (exact) mass is 511 g/mol. The molecule has 9 heteroatoms. The molecule has 3 heterocycles. The van der Waals surface area contributed by atoms with Crippen LogP contribution in [0.15, 0.2) is 69.7 Å². The first kappa shape index (κ1) is 24.9. The summed E-state index contributed by atoms with van der Waals surface area (Å²) in [5.74, 6) is -0.462. The number of ether oxygens (including phenoxy) is 1. The lowest BCUT2D eigenvalue weighted by Crippen LogP contribution is -2.35. The first-order valence-electron chi connectivity index (χ1n) is 12.2. The van der Waals surface area contributed by atoms with Crippen LogP contribution >= 0.6 is 0 Å². The van der Waals surface area contributed by atoms with Crippen molar-refractivity contribution in [3.8, 4) is 11.3 Å². The standard InChI is InChI=1S/C29H25N3O6/c1-5-37-29(36)18-6-9-20(10-7-18)32-28(35)23(17(4)30-32)15-21-11-13-25(38-21)19-8-12-22-24(14-19)27(34)31(16(2)3)26(22)33/h6-16H,5H2,1-4H3. The Kier molecular flexibility index (Phi) is 6.28. The van der Waals surface area contributed by atoms with Crippen LogP contribution in [0.3, 0.4) is 0 Å². The van der Waals surface area contributed by atoms with Gasteiger partial charge in [0.25, 0.3) is 17.7 Å². The molecule has 192 valence electrons. The zero-order valence-electron chi connectivity index (χ0n) is 21.3. The fraction of sp³-hybridized carbons (Fsp3) is 0.207. The first-order valence-corrected chi connectivity index (χ1v) is 12.2. The van der Waals surface area contributed by atoms with Gasteiger partial charge in [0.05, 0.1) is 40.3 Å². The Morgan fingerprint density at radius 1 is 0.974 bits per heavy atom. The molecule has 0 bridgehead atoms. The smallest absolute Gasteiger partial charge is 0.338 e. The van der Waals surface area contributed by atoms with E-state index in [0.717, 1.165) is 0 Å². The highest BCUT2D eigenvalue weighted by Gasteiger charge is 2.37. The third kappa shape index (κ3) is 4.21. The predicted octanol–water partition coefficient (Wildman–Crippen LogP) is 4.93. The number of esters is 1. The van der Waals surface area contributed by atoms with Gasteiger partial charge in [-0.25, -0.2) is 4.79 Å². The van der Waals surface area contributed by atoms with E-state index in [1.807, 2.05) is 0 Å². The third-order valence-corrected chi connectivity index (χ3v) is 6.32. The van der Waals surface area contributed by atoms with Crippen molar-refractivity contribution in [1.29, 1.82) is 0 Å². The highest BCUT2D eigenvalue weighted by molar-refractivity contribution is 6.32. The molecule has 0 atom stereocenters. The van der Waals surface area contributed by atoms with E-state index in [9.17, 15) is 19.2 Å². The van der Waals surface area contributed by atoms with Gasteiger partial charge in [-0.3, -0.25) is 19.3 Å². The normalized spacial score (nSPS) is 16.1. The lowest BCUT2D eigenvalue weighted by molar-refractivity contribution is -0.114. The third-order valence-electron chi connectivity index (χ3n) is 6.32. The molecule has 2 aliphatic heterocycles. The molecule has 9 nitrogen and oxygen atoms in total. The predicted molar refractivity (Wildman–Crippen MR) is 141 cm³/mol. The SMILES string of the molecule is CCOC(=O)c1ccc(N2N=C(C)C(=Cc3ccc(-c4ccc5c(c4)C(=O)N(C(C)C)C5=O)o3)C2=O)cc1. The lowest BCUT2D eigenvalue weighted by Gasteiger charge is -2.17. The number of amides is 3. The average Bonchev–Trinajstić information content (AvgIpc) is 3.55. The summed E-state index contributed by atoms with van der Waals surface area (Å²) in [5, 5.41) is 5.64. The maximum absolute atomic E-state index is 13.1. The Hall–Kier alpha value is -4.79. The van der Waals surface area contributed by atoms with Crippen LogP contribution < -0.4 is 5.01 Å². The molecule has 38 heavy (non-hydrogen) atoms. The van der Waals surface area contributed by atoms with Crippen molar-refractivity contribution >= 4 is 41.2 Å². The summed E-state index contributed by atoms with van der Waals surface area (Å²) in [7, 11) is 0. The van der Waals surface area contributed by atoms with E-state index >= 15 is 0 Å². The molecule has 0 aliphatic carbocycles. The average molecular weight is 512 g/mol. The van der Waals surface area contributed by atoms with Gasteiger partial charge in [0.1, 0.15) is 11.5 Å². The van der Waals surface area contributed by atoms with Crippen LogP contribution in [0, 0.1) is 0 Å². The van der Waals surface area contributed by atoms with Crippen LogP contribution in [0.2, 0.25) is 0 Å². The van der Waals surface area contributed by atoms with Gasteiger partial charge in [-0.1, -0.05) is 6.07 Å². The minimum atomic E-state index is -0.433. The molecule has 0 unspecified atom stereocenters. The van der Waals surface area contributed by atoms with Crippen molar-refractivity contribution in [2.24, 2.45) is 5.10 Å². The number of hydrazone groups is 1. The highest BCUT2D eigenvalue weighted by atomic mass is 16.5. The van der Waals surface area contributed by atoms with Crippen LogP contribution in [0.1, 0.15) is 64.5 Å². The fourth-order valence-corrected chi connectivity index (χ4v) is 4.42. The van der Waals surface area contributed by atoms with Gasteiger partial charge in [0.2, 0.25) is 0 Å². The number of imide groups is 1. The van der Waals surface area contributed by atoms with Gasteiger partial charge in [-0.05, 0) is 82.3 Å². The number of nitrogens with zero attached hydrogens (tertiary/aromatic N) is 3. The van der Waals surface area contributed by atoms with E-state index in [0.29, 0.717) is 50.7 Å². The number of fused-ring (bicyclic) bond motifs is 1. The summed E-state index contributed by atoms with van der Waals surface area (Å²) in [6.45, 7) is 7.33. The van der Waals surface area contributed by atoms with E-state index in [4.69, 9.17) is 9.15 Å². The summed E-state index contributed by atoms with van der Waals surface area (Å²) >= 11 is 0. The zero-order valence-corrected chi connectivity index (χ0v) is 21.3. The summed E-state index contributed by atoms with van der Waals surface area (Å²) in [5.41, 5.74) is 3.14. The second-order valence-electron chi connectivity index (χ2n) is 9.16. The van der Waals surface area contributed by atoms with Gasteiger partial charge in [0, 0.05) is 11.6 Å². The molecule has 2 aromatic carbocycles. The number of hydrogen-bond donors (Lipinski definition) is 0. The van der Waals surface area contributed by atoms with Crippen molar-refractivity contribution in [2.45, 2.75) is 33.7 Å². The van der Waals surface area contributed by atoms with E-state index in [1.54, 1.807) is 88.4 Å².